The average molecular weight is 228 g/mol. The summed E-state index contributed by atoms with van der Waals surface area (Å²) in [7, 11) is 0. The van der Waals surface area contributed by atoms with E-state index < -0.39 is 38.4 Å². The highest BCUT2D eigenvalue weighted by atomic mass is 19.3. The van der Waals surface area contributed by atoms with Gasteiger partial charge in [0, 0.05) is 0 Å². The lowest BCUT2D eigenvalue weighted by molar-refractivity contribution is -0.153. The van der Waals surface area contributed by atoms with Crippen LogP contribution in [0.1, 0.15) is 0 Å². The summed E-state index contributed by atoms with van der Waals surface area (Å²) in [5.41, 5.74) is 0. The molecule has 0 aliphatic carbocycles. The Hall–Kier alpha value is -0.500. The zero-order valence-corrected chi connectivity index (χ0v) is 6.94. The molecular weight excluding hydrogens is 218 g/mol. The summed E-state index contributed by atoms with van der Waals surface area (Å²) in [5, 5.41) is 15.5. The molecule has 0 radical (unpaired) electrons. The van der Waals surface area contributed by atoms with Gasteiger partial charge in [0.1, 0.15) is 26.1 Å². The molecule has 0 saturated heterocycles. The van der Waals surface area contributed by atoms with E-state index in [9.17, 15) is 26.3 Å². The van der Waals surface area contributed by atoms with Crippen molar-refractivity contribution in [3.05, 3.63) is 0 Å². The van der Waals surface area contributed by atoms with Crippen LogP contribution in [0, 0.1) is 0 Å². The summed E-state index contributed by atoms with van der Waals surface area (Å²) in [5.74, 6) is -4.24. The molecule has 0 fully saturated rings. The number of hydrogen-bond donors (Lipinski definition) is 2. The molecule has 0 aliphatic rings. The Bertz CT molecular complexity index is 127. The van der Waals surface area contributed by atoms with Gasteiger partial charge in [0.15, 0.2) is 0 Å². The molecular formula is C6H10F6O2. The SMILES string of the molecule is OC(CF)CF.OCC(F)(F)C(F)F. The van der Waals surface area contributed by atoms with Gasteiger partial charge in [-0.05, 0) is 0 Å². The van der Waals surface area contributed by atoms with Crippen LogP contribution in [0.3, 0.4) is 0 Å². The molecule has 0 rings (SSSR count). The van der Waals surface area contributed by atoms with Crippen LogP contribution in [0.4, 0.5) is 26.3 Å². The number of hydrogen-bond acceptors (Lipinski definition) is 2. The van der Waals surface area contributed by atoms with Crippen molar-refractivity contribution in [1.82, 2.24) is 0 Å². The maximum atomic E-state index is 11.3. The molecule has 0 aromatic heterocycles. The normalized spacial score (nSPS) is 11.6. The Morgan fingerprint density at radius 2 is 1.43 bits per heavy atom. The fourth-order valence-corrected chi connectivity index (χ4v) is 0.110. The first-order valence-corrected chi connectivity index (χ1v) is 3.38. The van der Waals surface area contributed by atoms with Crippen LogP contribution >= 0.6 is 0 Å². The second-order valence-corrected chi connectivity index (χ2v) is 2.18. The van der Waals surface area contributed by atoms with Gasteiger partial charge in [-0.3, -0.25) is 0 Å². The van der Waals surface area contributed by atoms with E-state index in [0.29, 0.717) is 0 Å². The number of rotatable bonds is 4. The van der Waals surface area contributed by atoms with Gasteiger partial charge in [-0.15, -0.1) is 0 Å². The zero-order valence-electron chi connectivity index (χ0n) is 6.94. The Kier molecular flexibility index (Phi) is 8.96. The lowest BCUT2D eigenvalue weighted by Crippen LogP contribution is -2.30. The zero-order chi connectivity index (χ0) is 11.8. The van der Waals surface area contributed by atoms with E-state index in [-0.39, 0.29) is 0 Å². The number of halogens is 6. The molecule has 14 heavy (non-hydrogen) atoms. The molecule has 8 heteroatoms. The first kappa shape index (κ1) is 15.9. The fraction of sp³-hybridized carbons (Fsp3) is 1.00. The van der Waals surface area contributed by atoms with Gasteiger partial charge in [0.2, 0.25) is 0 Å². The minimum Gasteiger partial charge on any atom is -0.390 e. The summed E-state index contributed by atoms with van der Waals surface area (Å²) in [6.07, 6.45) is -5.17. The van der Waals surface area contributed by atoms with Crippen molar-refractivity contribution in [3.8, 4) is 0 Å². The predicted molar refractivity (Wildman–Crippen MR) is 36.0 cm³/mol. The highest BCUT2D eigenvalue weighted by Gasteiger charge is 2.39. The van der Waals surface area contributed by atoms with E-state index in [4.69, 9.17) is 10.2 Å². The largest absolute Gasteiger partial charge is 0.390 e. The number of aliphatic hydroxyl groups is 2. The second kappa shape index (κ2) is 7.86. The van der Waals surface area contributed by atoms with Gasteiger partial charge in [0.25, 0.3) is 0 Å². The van der Waals surface area contributed by atoms with Crippen molar-refractivity contribution in [2.45, 2.75) is 18.5 Å². The second-order valence-electron chi connectivity index (χ2n) is 2.18. The van der Waals surface area contributed by atoms with Gasteiger partial charge in [-0.2, -0.15) is 8.78 Å². The molecule has 2 nitrogen and oxygen atoms in total. The molecule has 0 aliphatic heterocycles. The van der Waals surface area contributed by atoms with Crippen LogP contribution < -0.4 is 0 Å². The molecule has 0 aromatic rings. The quantitative estimate of drug-likeness (QED) is 0.709. The predicted octanol–water partition coefficient (Wildman–Crippen LogP) is 1.17. The molecule has 0 aromatic carbocycles. The Labute approximate surface area is 76.2 Å². The maximum Gasteiger partial charge on any atom is 0.329 e. The standard InChI is InChI=1S/C3H4F4O.C3H6F2O/c4-2(5)3(6,7)1-8;4-1-3(6)2-5/h2,8H,1H2;3,6H,1-2H2. The Morgan fingerprint density at radius 3 is 1.43 bits per heavy atom. The van der Waals surface area contributed by atoms with E-state index in [1.165, 1.54) is 0 Å². The van der Waals surface area contributed by atoms with Crippen LogP contribution in [0.2, 0.25) is 0 Å². The minimum atomic E-state index is -4.24. The van der Waals surface area contributed by atoms with E-state index in [1.807, 2.05) is 0 Å². The summed E-state index contributed by atoms with van der Waals surface area (Å²) in [4.78, 5) is 0. The molecule has 0 atom stereocenters. The summed E-state index contributed by atoms with van der Waals surface area (Å²) in [6, 6.07) is 0. The third-order valence-electron chi connectivity index (χ3n) is 0.886. The van der Waals surface area contributed by atoms with Crippen LogP contribution in [-0.2, 0) is 0 Å². The van der Waals surface area contributed by atoms with Crippen molar-refractivity contribution >= 4 is 0 Å². The van der Waals surface area contributed by atoms with Crippen molar-refractivity contribution < 1.29 is 36.6 Å². The summed E-state index contributed by atoms with van der Waals surface area (Å²) >= 11 is 0. The van der Waals surface area contributed by atoms with Crippen molar-refractivity contribution in [1.29, 1.82) is 0 Å². The van der Waals surface area contributed by atoms with Crippen molar-refractivity contribution in [2.75, 3.05) is 20.0 Å². The Balaban J connectivity index is 0. The lowest BCUT2D eigenvalue weighted by atomic mass is 10.4. The van der Waals surface area contributed by atoms with Crippen LogP contribution in [0.25, 0.3) is 0 Å². The molecule has 2 N–H and O–H groups in total. The van der Waals surface area contributed by atoms with Gasteiger partial charge in [0.05, 0.1) is 0 Å². The molecule has 0 bridgehead atoms. The van der Waals surface area contributed by atoms with Gasteiger partial charge >= 0.3 is 12.3 Å². The Morgan fingerprint density at radius 1 is 1.07 bits per heavy atom. The summed E-state index contributed by atoms with van der Waals surface area (Å²) < 4.78 is 66.2. The van der Waals surface area contributed by atoms with Gasteiger partial charge in [-0.25, -0.2) is 17.6 Å². The molecule has 0 amide bonds. The lowest BCUT2D eigenvalue weighted by Gasteiger charge is -2.09. The molecule has 88 valence electrons. The number of aliphatic hydroxyl groups excluding tert-OH is 2. The number of alkyl halides is 6. The first-order chi connectivity index (χ1) is 6.31. The third kappa shape index (κ3) is 8.11. The molecule has 0 unspecified atom stereocenters. The highest BCUT2D eigenvalue weighted by Crippen LogP contribution is 2.20. The fourth-order valence-electron chi connectivity index (χ4n) is 0.110. The van der Waals surface area contributed by atoms with E-state index in [2.05, 4.69) is 0 Å². The smallest absolute Gasteiger partial charge is 0.329 e. The van der Waals surface area contributed by atoms with Gasteiger partial charge < -0.3 is 10.2 Å². The van der Waals surface area contributed by atoms with Crippen molar-refractivity contribution in [3.63, 3.8) is 0 Å². The van der Waals surface area contributed by atoms with E-state index in [1.54, 1.807) is 0 Å². The van der Waals surface area contributed by atoms with Crippen LogP contribution in [-0.4, -0.2) is 48.6 Å². The van der Waals surface area contributed by atoms with E-state index >= 15 is 0 Å². The van der Waals surface area contributed by atoms with Crippen molar-refractivity contribution in [2.24, 2.45) is 0 Å². The monoisotopic (exact) mass is 228 g/mol. The molecule has 0 spiro atoms. The molecule has 0 heterocycles. The minimum absolute atomic E-state index is 0.990. The molecule has 0 saturated carbocycles. The average Bonchev–Trinajstić information content (AvgIpc) is 2.17. The van der Waals surface area contributed by atoms with Gasteiger partial charge in [-0.1, -0.05) is 0 Å². The van der Waals surface area contributed by atoms with E-state index in [0.717, 1.165) is 0 Å². The maximum absolute atomic E-state index is 11.3. The first-order valence-electron chi connectivity index (χ1n) is 3.38. The topological polar surface area (TPSA) is 40.5 Å². The van der Waals surface area contributed by atoms with Crippen LogP contribution in [0.5, 0.6) is 0 Å². The highest BCUT2D eigenvalue weighted by molar-refractivity contribution is 4.65. The van der Waals surface area contributed by atoms with Crippen LogP contribution in [0.15, 0.2) is 0 Å². The summed E-state index contributed by atoms with van der Waals surface area (Å²) in [6.45, 7) is -3.78. The third-order valence-corrected chi connectivity index (χ3v) is 0.886.